The number of piperidine rings is 1. The molecule has 44 heavy (non-hydrogen) atoms. The van der Waals surface area contributed by atoms with E-state index in [4.69, 9.17) is 4.74 Å². The van der Waals surface area contributed by atoms with Crippen LogP contribution in [0, 0.1) is 62.6 Å². The topological polar surface area (TPSA) is 49.9 Å². The summed E-state index contributed by atoms with van der Waals surface area (Å²) in [7, 11) is 0. The lowest BCUT2D eigenvalue weighted by atomic mass is 9.33. The van der Waals surface area contributed by atoms with Crippen LogP contribution in [-0.2, 0) is 14.3 Å². The Morgan fingerprint density at radius 3 is 2.30 bits per heavy atom. The van der Waals surface area contributed by atoms with Gasteiger partial charge in [0.05, 0.1) is 12.1 Å². The Hall–Kier alpha value is -1.36. The summed E-state index contributed by atoms with van der Waals surface area (Å²) < 4.78 is 5.97. The molecule has 5 heteroatoms. The standard InChI is InChI=1S/C39H62N2O3/c1-25-11-18-39(34(43)41-23-28-14-21-40(24-41)22-15-28)20-19-37(7)29(33(39)26(25)2)9-10-31-36(6)16-13-32(44-27(3)42)35(4,5)30(36)12-17-38(31,37)8/h9,25-26,28,30-33H,10-24H2,1-8H3/t25-,26+,30+,31-,32+,33+,36+,37-,38-,39+/m1/s1. The zero-order valence-corrected chi connectivity index (χ0v) is 29.3. The van der Waals surface area contributed by atoms with Gasteiger partial charge in [-0.3, -0.25) is 14.5 Å². The molecule has 10 atom stereocenters. The summed E-state index contributed by atoms with van der Waals surface area (Å²) in [6.45, 7) is 23.4. The number of carbonyl (C=O) groups excluding carboxylic acids is 2. The van der Waals surface area contributed by atoms with Crippen molar-refractivity contribution in [3.8, 4) is 0 Å². The summed E-state index contributed by atoms with van der Waals surface area (Å²) >= 11 is 0. The van der Waals surface area contributed by atoms with Crippen molar-refractivity contribution in [1.29, 1.82) is 0 Å². The predicted octanol–water partition coefficient (Wildman–Crippen LogP) is 8.09. The molecule has 3 heterocycles. The van der Waals surface area contributed by atoms with Crippen LogP contribution in [0.4, 0.5) is 0 Å². The molecule has 1 amide bonds. The SMILES string of the molecule is CC(=O)O[C@H]1CC[C@]2(C)[C@H]3CC=C4[C@@H]5[C@@H](C)[C@H](C)CC[C@]5(C(=O)N5CC6CCN(CC6)C5)CC[C@@]4(C)[C@]3(C)CC[C@H]2C1(C)C. The van der Waals surface area contributed by atoms with Crippen molar-refractivity contribution in [1.82, 2.24) is 9.80 Å². The second-order valence-corrected chi connectivity index (χ2v) is 18.5. The normalized spacial score (nSPS) is 51.1. The molecule has 0 radical (unpaired) electrons. The Bertz CT molecular complexity index is 1200. The molecule has 0 unspecified atom stereocenters. The van der Waals surface area contributed by atoms with Crippen LogP contribution in [0.15, 0.2) is 11.6 Å². The number of amides is 1. The maximum absolute atomic E-state index is 15.0. The molecule has 2 bridgehead atoms. The summed E-state index contributed by atoms with van der Waals surface area (Å²) in [5.41, 5.74) is 2.01. The van der Waals surface area contributed by atoms with Gasteiger partial charge in [0.15, 0.2) is 0 Å². The van der Waals surface area contributed by atoms with Crippen LogP contribution in [0.2, 0.25) is 0 Å². The zero-order valence-electron chi connectivity index (χ0n) is 29.3. The van der Waals surface area contributed by atoms with Crippen LogP contribution in [0.3, 0.4) is 0 Å². The van der Waals surface area contributed by atoms with E-state index in [1.54, 1.807) is 12.5 Å². The van der Waals surface area contributed by atoms with Gasteiger partial charge in [-0.05, 0) is 122 Å². The largest absolute Gasteiger partial charge is 0.462 e. The van der Waals surface area contributed by atoms with Gasteiger partial charge in [-0.15, -0.1) is 0 Å². The monoisotopic (exact) mass is 606 g/mol. The fourth-order valence-corrected chi connectivity index (χ4v) is 13.6. The first-order valence-corrected chi connectivity index (χ1v) is 18.6. The fourth-order valence-electron chi connectivity index (χ4n) is 13.6. The van der Waals surface area contributed by atoms with Gasteiger partial charge < -0.3 is 9.64 Å². The Morgan fingerprint density at radius 2 is 1.59 bits per heavy atom. The van der Waals surface area contributed by atoms with Gasteiger partial charge in [0.1, 0.15) is 6.10 Å². The minimum absolute atomic E-state index is 0.0177. The molecule has 5 nitrogen and oxygen atoms in total. The zero-order chi connectivity index (χ0) is 31.4. The van der Waals surface area contributed by atoms with Crippen LogP contribution in [0.25, 0.3) is 0 Å². The maximum atomic E-state index is 15.0. The number of ether oxygens (including phenoxy) is 1. The number of carbonyl (C=O) groups is 2. The molecule has 7 fully saturated rings. The van der Waals surface area contributed by atoms with Crippen molar-refractivity contribution >= 4 is 11.9 Å². The van der Waals surface area contributed by atoms with E-state index < -0.39 is 0 Å². The lowest BCUT2D eigenvalue weighted by Gasteiger charge is -2.71. The van der Waals surface area contributed by atoms with Crippen LogP contribution in [0.5, 0.6) is 0 Å². The summed E-state index contributed by atoms with van der Waals surface area (Å²) in [5, 5.41) is 0. The number of allylic oxidation sites excluding steroid dienone is 2. The average molecular weight is 607 g/mol. The molecule has 5 aliphatic carbocycles. The highest BCUT2D eigenvalue weighted by Crippen LogP contribution is 2.76. The van der Waals surface area contributed by atoms with E-state index in [1.807, 2.05) is 0 Å². The molecule has 0 aromatic rings. The van der Waals surface area contributed by atoms with Crippen LogP contribution >= 0.6 is 0 Å². The highest BCUT2D eigenvalue weighted by atomic mass is 16.5. The van der Waals surface area contributed by atoms with Gasteiger partial charge in [0.25, 0.3) is 0 Å². The predicted molar refractivity (Wildman–Crippen MR) is 175 cm³/mol. The van der Waals surface area contributed by atoms with Crippen molar-refractivity contribution in [2.45, 2.75) is 132 Å². The highest BCUT2D eigenvalue weighted by Gasteiger charge is 2.70. The first-order valence-electron chi connectivity index (χ1n) is 18.6. The molecule has 8 rings (SSSR count). The number of fused-ring (bicyclic) bond motifs is 11. The van der Waals surface area contributed by atoms with Gasteiger partial charge in [-0.2, -0.15) is 0 Å². The Morgan fingerprint density at radius 1 is 0.864 bits per heavy atom. The highest BCUT2D eigenvalue weighted by molar-refractivity contribution is 5.84. The fraction of sp³-hybridized carbons (Fsp3) is 0.897. The first-order chi connectivity index (χ1) is 20.7. The molecule has 3 aliphatic heterocycles. The Labute approximate surface area is 268 Å². The summed E-state index contributed by atoms with van der Waals surface area (Å²) in [5.74, 6) is 3.79. The number of esters is 1. The van der Waals surface area contributed by atoms with Crippen molar-refractivity contribution in [3.63, 3.8) is 0 Å². The van der Waals surface area contributed by atoms with Crippen molar-refractivity contribution in [2.75, 3.05) is 26.3 Å². The third-order valence-corrected chi connectivity index (χ3v) is 16.5. The number of hydrogen-bond donors (Lipinski definition) is 0. The summed E-state index contributed by atoms with van der Waals surface area (Å²) in [4.78, 5) is 32.0. The van der Waals surface area contributed by atoms with Crippen LogP contribution in [-0.4, -0.2) is 54.1 Å². The molecule has 0 aromatic carbocycles. The minimum atomic E-state index is -0.226. The molecule has 3 saturated heterocycles. The number of nitrogens with zero attached hydrogens (tertiary/aromatic N) is 2. The molecule has 0 aromatic heterocycles. The third kappa shape index (κ3) is 4.18. The molecule has 246 valence electrons. The van der Waals surface area contributed by atoms with Gasteiger partial charge in [0, 0.05) is 32.0 Å². The lowest BCUT2D eigenvalue weighted by molar-refractivity contribution is -0.213. The van der Waals surface area contributed by atoms with Crippen LogP contribution < -0.4 is 0 Å². The van der Waals surface area contributed by atoms with Gasteiger partial charge in [-0.25, -0.2) is 0 Å². The van der Waals surface area contributed by atoms with E-state index in [1.165, 1.54) is 45.2 Å². The quantitative estimate of drug-likeness (QED) is 0.236. The molecular weight excluding hydrogens is 544 g/mol. The van der Waals surface area contributed by atoms with Gasteiger partial charge in [-0.1, -0.05) is 60.1 Å². The van der Waals surface area contributed by atoms with Crippen molar-refractivity contribution in [2.24, 2.45) is 62.6 Å². The van der Waals surface area contributed by atoms with E-state index >= 15 is 4.79 Å². The van der Waals surface area contributed by atoms with Crippen molar-refractivity contribution in [3.05, 3.63) is 11.6 Å². The smallest absolute Gasteiger partial charge is 0.302 e. The average Bonchev–Trinajstić information content (AvgIpc) is 3.30. The van der Waals surface area contributed by atoms with Crippen molar-refractivity contribution < 1.29 is 14.3 Å². The molecule has 0 spiro atoms. The minimum Gasteiger partial charge on any atom is -0.462 e. The third-order valence-electron chi connectivity index (χ3n) is 16.5. The summed E-state index contributed by atoms with van der Waals surface area (Å²) in [6, 6.07) is 0. The van der Waals surface area contributed by atoms with E-state index in [-0.39, 0.29) is 39.1 Å². The first kappa shape index (κ1) is 31.3. The number of rotatable bonds is 2. The van der Waals surface area contributed by atoms with Gasteiger partial charge in [0.2, 0.25) is 5.91 Å². The van der Waals surface area contributed by atoms with Gasteiger partial charge >= 0.3 is 5.97 Å². The molecule has 0 N–H and O–H groups in total. The Kier molecular flexibility index (Phi) is 7.33. The maximum Gasteiger partial charge on any atom is 0.302 e. The second kappa shape index (κ2) is 10.3. The van der Waals surface area contributed by atoms with E-state index in [0.29, 0.717) is 41.4 Å². The van der Waals surface area contributed by atoms with E-state index in [2.05, 4.69) is 64.3 Å². The molecule has 8 aliphatic rings. The molecule has 4 saturated carbocycles. The molecular formula is C39H62N2O3. The summed E-state index contributed by atoms with van der Waals surface area (Å²) in [6.07, 6.45) is 15.4. The number of hydrogen-bond acceptors (Lipinski definition) is 4. The van der Waals surface area contributed by atoms with E-state index in [9.17, 15) is 4.79 Å². The lowest BCUT2D eigenvalue weighted by Crippen LogP contribution is -2.66. The van der Waals surface area contributed by atoms with Crippen LogP contribution in [0.1, 0.15) is 126 Å². The Balaban J connectivity index is 1.25. The second-order valence-electron chi connectivity index (χ2n) is 18.5. The van der Waals surface area contributed by atoms with E-state index in [0.717, 1.165) is 51.7 Å².